The smallest absolute Gasteiger partial charge is 0.274 e. The number of hydrogen-bond acceptors (Lipinski definition) is 4. The van der Waals surface area contributed by atoms with Crippen LogP contribution in [0.1, 0.15) is 36.7 Å². The van der Waals surface area contributed by atoms with Gasteiger partial charge in [-0.25, -0.2) is 9.97 Å². The van der Waals surface area contributed by atoms with Crippen LogP contribution >= 0.6 is 11.6 Å². The summed E-state index contributed by atoms with van der Waals surface area (Å²) in [5.74, 6) is 0.177. The third-order valence-electron chi connectivity index (χ3n) is 3.03. The topological polar surface area (TPSA) is 66.9 Å². The van der Waals surface area contributed by atoms with Crippen LogP contribution in [0.2, 0.25) is 5.02 Å². The van der Waals surface area contributed by atoms with Gasteiger partial charge in [-0.1, -0.05) is 37.4 Å². The molecular formula is C16H19ClN4O. The van der Waals surface area contributed by atoms with Crippen LogP contribution < -0.4 is 10.6 Å². The lowest BCUT2D eigenvalue weighted by molar-refractivity contribution is 0.102. The van der Waals surface area contributed by atoms with Gasteiger partial charge in [0.15, 0.2) is 0 Å². The average molecular weight is 319 g/mol. The quantitative estimate of drug-likeness (QED) is 0.758. The van der Waals surface area contributed by atoms with Crippen molar-refractivity contribution in [2.24, 2.45) is 0 Å². The largest absolute Gasteiger partial charge is 0.354 e. The highest BCUT2D eigenvalue weighted by atomic mass is 35.5. The molecule has 0 aliphatic carbocycles. The van der Waals surface area contributed by atoms with Gasteiger partial charge in [0.05, 0.1) is 0 Å². The molecule has 0 saturated carbocycles. The van der Waals surface area contributed by atoms with Crippen LogP contribution in [0.15, 0.2) is 36.5 Å². The van der Waals surface area contributed by atoms with E-state index in [-0.39, 0.29) is 5.91 Å². The van der Waals surface area contributed by atoms with Gasteiger partial charge in [0, 0.05) is 23.5 Å². The number of rotatable bonds is 7. The van der Waals surface area contributed by atoms with Crippen LogP contribution in [0.4, 0.5) is 11.6 Å². The van der Waals surface area contributed by atoms with Gasteiger partial charge in [-0.15, -0.1) is 0 Å². The van der Waals surface area contributed by atoms with E-state index in [0.717, 1.165) is 25.8 Å². The summed E-state index contributed by atoms with van der Waals surface area (Å²) < 4.78 is 0. The Morgan fingerprint density at radius 2 is 2.14 bits per heavy atom. The molecule has 0 bridgehead atoms. The maximum Gasteiger partial charge on any atom is 0.274 e. The van der Waals surface area contributed by atoms with Crippen molar-refractivity contribution in [2.45, 2.75) is 26.2 Å². The number of amides is 1. The van der Waals surface area contributed by atoms with E-state index < -0.39 is 0 Å². The van der Waals surface area contributed by atoms with Crippen molar-refractivity contribution in [1.82, 2.24) is 9.97 Å². The van der Waals surface area contributed by atoms with Crippen molar-refractivity contribution in [3.63, 3.8) is 0 Å². The molecule has 1 amide bonds. The van der Waals surface area contributed by atoms with E-state index in [1.54, 1.807) is 36.5 Å². The summed E-state index contributed by atoms with van der Waals surface area (Å²) in [6.07, 6.45) is 4.94. The van der Waals surface area contributed by atoms with Gasteiger partial charge >= 0.3 is 0 Å². The molecule has 1 heterocycles. The van der Waals surface area contributed by atoms with Crippen molar-refractivity contribution < 1.29 is 4.79 Å². The zero-order valence-corrected chi connectivity index (χ0v) is 13.2. The lowest BCUT2D eigenvalue weighted by Gasteiger charge is -2.07. The Hall–Kier alpha value is -2.14. The van der Waals surface area contributed by atoms with Gasteiger partial charge in [-0.05, 0) is 30.7 Å². The number of halogens is 1. The summed E-state index contributed by atoms with van der Waals surface area (Å²) in [5, 5.41) is 6.45. The minimum absolute atomic E-state index is 0.290. The minimum Gasteiger partial charge on any atom is -0.354 e. The lowest BCUT2D eigenvalue weighted by Crippen LogP contribution is -2.15. The summed E-state index contributed by atoms with van der Waals surface area (Å²) in [6, 6.07) is 8.56. The minimum atomic E-state index is -0.290. The number of carbonyl (C=O) groups is 1. The summed E-state index contributed by atoms with van der Waals surface area (Å²) in [6.45, 7) is 2.95. The summed E-state index contributed by atoms with van der Waals surface area (Å²) in [4.78, 5) is 20.5. The van der Waals surface area contributed by atoms with E-state index in [0.29, 0.717) is 22.4 Å². The number of carbonyl (C=O) groups excluding carboxylic acids is 1. The van der Waals surface area contributed by atoms with Crippen LogP contribution in [0.3, 0.4) is 0 Å². The molecule has 0 aliphatic rings. The van der Waals surface area contributed by atoms with Gasteiger partial charge in [0.2, 0.25) is 5.95 Å². The molecule has 2 rings (SSSR count). The number of hydrogen-bond donors (Lipinski definition) is 2. The lowest BCUT2D eigenvalue weighted by atomic mass is 10.2. The van der Waals surface area contributed by atoms with E-state index >= 15 is 0 Å². The first-order chi connectivity index (χ1) is 10.7. The summed E-state index contributed by atoms with van der Waals surface area (Å²) >= 11 is 5.90. The van der Waals surface area contributed by atoms with Crippen LogP contribution in [0.25, 0.3) is 0 Å². The first-order valence-corrected chi connectivity index (χ1v) is 7.70. The third-order valence-corrected chi connectivity index (χ3v) is 3.27. The zero-order valence-electron chi connectivity index (χ0n) is 12.5. The second kappa shape index (κ2) is 8.34. The molecule has 0 aliphatic heterocycles. The number of unbranched alkanes of at least 4 members (excludes halogenated alkanes) is 2. The molecule has 5 nitrogen and oxygen atoms in total. The molecule has 0 fully saturated rings. The van der Waals surface area contributed by atoms with E-state index in [4.69, 9.17) is 11.6 Å². The van der Waals surface area contributed by atoms with Gasteiger partial charge in [0.25, 0.3) is 5.91 Å². The number of anilines is 2. The van der Waals surface area contributed by atoms with Crippen LogP contribution in [0.5, 0.6) is 0 Å². The predicted molar refractivity (Wildman–Crippen MR) is 89.5 cm³/mol. The Balaban J connectivity index is 1.97. The predicted octanol–water partition coefficient (Wildman–Crippen LogP) is 3.98. The van der Waals surface area contributed by atoms with Crippen LogP contribution in [0, 0.1) is 0 Å². The fourth-order valence-corrected chi connectivity index (χ4v) is 2.10. The molecule has 0 saturated heterocycles. The standard InChI is InChI=1S/C16H19ClN4O/c1-2-3-4-9-18-16-19-10-8-14(21-16)15(22)20-13-7-5-6-12(17)11-13/h5-8,10-11H,2-4,9H2,1H3,(H,20,22)(H,18,19,21). The number of benzene rings is 1. The van der Waals surface area contributed by atoms with Gasteiger partial charge < -0.3 is 10.6 Å². The van der Waals surface area contributed by atoms with Crippen molar-refractivity contribution in [2.75, 3.05) is 17.2 Å². The van der Waals surface area contributed by atoms with Crippen molar-refractivity contribution >= 4 is 29.1 Å². The molecule has 0 radical (unpaired) electrons. The highest BCUT2D eigenvalue weighted by Gasteiger charge is 2.09. The van der Waals surface area contributed by atoms with E-state index in [2.05, 4.69) is 27.5 Å². The molecule has 6 heteroatoms. The molecule has 1 aromatic heterocycles. The van der Waals surface area contributed by atoms with Crippen LogP contribution in [-0.2, 0) is 0 Å². The Labute approximate surface area is 135 Å². The van der Waals surface area contributed by atoms with E-state index in [1.807, 2.05) is 0 Å². The Morgan fingerprint density at radius 3 is 2.91 bits per heavy atom. The molecule has 0 atom stereocenters. The van der Waals surface area contributed by atoms with E-state index in [9.17, 15) is 4.79 Å². The summed E-state index contributed by atoms with van der Waals surface area (Å²) in [7, 11) is 0. The monoisotopic (exact) mass is 318 g/mol. The zero-order chi connectivity index (χ0) is 15.8. The number of aromatic nitrogens is 2. The van der Waals surface area contributed by atoms with Gasteiger partial charge in [0.1, 0.15) is 5.69 Å². The molecule has 2 N–H and O–H groups in total. The molecular weight excluding hydrogens is 300 g/mol. The first-order valence-electron chi connectivity index (χ1n) is 7.33. The highest BCUT2D eigenvalue weighted by Crippen LogP contribution is 2.15. The molecule has 0 unspecified atom stereocenters. The summed E-state index contributed by atoms with van der Waals surface area (Å²) in [5.41, 5.74) is 0.946. The van der Waals surface area contributed by atoms with Crippen molar-refractivity contribution in [3.8, 4) is 0 Å². The van der Waals surface area contributed by atoms with Crippen molar-refractivity contribution in [3.05, 3.63) is 47.2 Å². The number of nitrogens with zero attached hydrogens (tertiary/aromatic N) is 2. The SMILES string of the molecule is CCCCCNc1nccc(C(=O)Nc2cccc(Cl)c2)n1. The third kappa shape index (κ3) is 5.00. The van der Waals surface area contributed by atoms with Crippen LogP contribution in [-0.4, -0.2) is 22.4 Å². The Morgan fingerprint density at radius 1 is 1.27 bits per heavy atom. The second-order valence-corrected chi connectivity index (χ2v) is 5.30. The van der Waals surface area contributed by atoms with Gasteiger partial charge in [-0.3, -0.25) is 4.79 Å². The molecule has 0 spiro atoms. The maximum absolute atomic E-state index is 12.2. The normalized spacial score (nSPS) is 10.3. The molecule has 22 heavy (non-hydrogen) atoms. The molecule has 1 aromatic carbocycles. The fraction of sp³-hybridized carbons (Fsp3) is 0.312. The molecule has 116 valence electrons. The van der Waals surface area contributed by atoms with Crippen molar-refractivity contribution in [1.29, 1.82) is 0 Å². The first kappa shape index (κ1) is 16.2. The van der Waals surface area contributed by atoms with Gasteiger partial charge in [-0.2, -0.15) is 0 Å². The second-order valence-electron chi connectivity index (χ2n) is 4.86. The highest BCUT2D eigenvalue weighted by molar-refractivity contribution is 6.30. The number of nitrogens with one attached hydrogen (secondary N) is 2. The van der Waals surface area contributed by atoms with E-state index in [1.165, 1.54) is 0 Å². The Kier molecular flexibility index (Phi) is 6.15. The average Bonchev–Trinajstić information content (AvgIpc) is 2.52. The maximum atomic E-state index is 12.2. The fourth-order valence-electron chi connectivity index (χ4n) is 1.91. The Bertz CT molecular complexity index is 633. The molecule has 2 aromatic rings.